The normalized spacial score (nSPS) is 20.3. The van der Waals surface area contributed by atoms with Crippen molar-refractivity contribution < 1.29 is 13.5 Å². The second-order valence-corrected chi connectivity index (χ2v) is 4.43. The van der Waals surface area contributed by atoms with Gasteiger partial charge in [0, 0.05) is 12.1 Å². The Morgan fingerprint density at radius 3 is 2.82 bits per heavy atom. The summed E-state index contributed by atoms with van der Waals surface area (Å²) < 4.78 is 32.0. The van der Waals surface area contributed by atoms with E-state index in [4.69, 9.17) is 4.74 Å². The summed E-state index contributed by atoms with van der Waals surface area (Å²) in [5.74, 6) is -0.911. The molecule has 1 saturated heterocycles. The van der Waals surface area contributed by atoms with Gasteiger partial charge in [-0.2, -0.15) is 0 Å². The van der Waals surface area contributed by atoms with Gasteiger partial charge in [0.25, 0.3) is 0 Å². The Balaban J connectivity index is 2.16. The highest BCUT2D eigenvalue weighted by atomic mass is 19.1. The third-order valence-electron chi connectivity index (χ3n) is 3.18. The number of benzene rings is 1. The van der Waals surface area contributed by atoms with Crippen LogP contribution in [-0.2, 0) is 6.42 Å². The number of ether oxygens (including phenoxy) is 1. The molecule has 1 aliphatic rings. The number of hydrogen-bond donors (Lipinski definition) is 1. The molecule has 1 fully saturated rings. The predicted molar refractivity (Wildman–Crippen MR) is 62.3 cm³/mol. The lowest BCUT2D eigenvalue weighted by Gasteiger charge is -2.23. The molecule has 2 rings (SSSR count). The Morgan fingerprint density at radius 1 is 1.35 bits per heavy atom. The molecule has 0 aromatic heterocycles. The Morgan fingerprint density at radius 2 is 2.18 bits per heavy atom. The zero-order chi connectivity index (χ0) is 12.3. The van der Waals surface area contributed by atoms with E-state index < -0.39 is 11.6 Å². The Bertz CT molecular complexity index is 389. The van der Waals surface area contributed by atoms with Crippen molar-refractivity contribution in [3.63, 3.8) is 0 Å². The highest BCUT2D eigenvalue weighted by molar-refractivity contribution is 5.32. The fourth-order valence-corrected chi connectivity index (χ4v) is 2.28. The van der Waals surface area contributed by atoms with Crippen LogP contribution >= 0.6 is 0 Å². The van der Waals surface area contributed by atoms with Gasteiger partial charge in [0.1, 0.15) is 5.82 Å². The van der Waals surface area contributed by atoms with E-state index in [2.05, 4.69) is 5.32 Å². The highest BCUT2D eigenvalue weighted by Crippen LogP contribution is 2.24. The summed E-state index contributed by atoms with van der Waals surface area (Å²) >= 11 is 0. The van der Waals surface area contributed by atoms with E-state index in [9.17, 15) is 8.78 Å². The number of nitrogens with one attached hydrogen (secondary N) is 1. The van der Waals surface area contributed by atoms with Gasteiger partial charge in [0.2, 0.25) is 0 Å². The minimum Gasteiger partial charge on any atom is -0.494 e. The molecule has 0 amide bonds. The molecule has 1 aliphatic heterocycles. The van der Waals surface area contributed by atoms with Crippen LogP contribution in [0.5, 0.6) is 5.75 Å². The molecule has 1 aromatic carbocycles. The van der Waals surface area contributed by atoms with Crippen LogP contribution in [0.4, 0.5) is 8.78 Å². The zero-order valence-corrected chi connectivity index (χ0v) is 9.93. The van der Waals surface area contributed by atoms with Crippen molar-refractivity contribution in [3.8, 4) is 5.75 Å². The van der Waals surface area contributed by atoms with E-state index in [1.807, 2.05) is 0 Å². The van der Waals surface area contributed by atoms with Crippen LogP contribution in [0.1, 0.15) is 24.8 Å². The first-order chi connectivity index (χ1) is 8.20. The molecule has 4 heteroatoms. The van der Waals surface area contributed by atoms with E-state index >= 15 is 0 Å². The van der Waals surface area contributed by atoms with E-state index in [0.717, 1.165) is 31.9 Å². The van der Waals surface area contributed by atoms with Crippen LogP contribution in [0.25, 0.3) is 0 Å². The zero-order valence-electron chi connectivity index (χ0n) is 9.93. The van der Waals surface area contributed by atoms with Crippen LogP contribution in [0.15, 0.2) is 12.1 Å². The molecule has 94 valence electrons. The third-order valence-corrected chi connectivity index (χ3v) is 3.18. The van der Waals surface area contributed by atoms with Crippen LogP contribution in [0.3, 0.4) is 0 Å². The van der Waals surface area contributed by atoms with Gasteiger partial charge < -0.3 is 10.1 Å². The largest absolute Gasteiger partial charge is 0.494 e. The fourth-order valence-electron chi connectivity index (χ4n) is 2.28. The van der Waals surface area contributed by atoms with Crippen LogP contribution < -0.4 is 10.1 Å². The average Bonchev–Trinajstić information content (AvgIpc) is 2.34. The van der Waals surface area contributed by atoms with Crippen LogP contribution in [-0.4, -0.2) is 19.7 Å². The highest BCUT2D eigenvalue weighted by Gasteiger charge is 2.18. The van der Waals surface area contributed by atoms with Gasteiger partial charge in [-0.3, -0.25) is 0 Å². The van der Waals surface area contributed by atoms with E-state index in [1.165, 1.54) is 13.2 Å². The molecule has 1 heterocycles. The minimum atomic E-state index is -0.450. The summed E-state index contributed by atoms with van der Waals surface area (Å²) in [7, 11) is 1.35. The van der Waals surface area contributed by atoms with Crippen LogP contribution in [0, 0.1) is 11.6 Å². The number of halogens is 2. The van der Waals surface area contributed by atoms with Gasteiger partial charge in [-0.15, -0.1) is 0 Å². The first-order valence-corrected chi connectivity index (χ1v) is 5.96. The van der Waals surface area contributed by atoms with Gasteiger partial charge in [-0.25, -0.2) is 8.78 Å². The average molecular weight is 241 g/mol. The number of piperidine rings is 1. The summed E-state index contributed by atoms with van der Waals surface area (Å²) in [4.78, 5) is 0. The minimum absolute atomic E-state index is 0.0178. The summed E-state index contributed by atoms with van der Waals surface area (Å²) in [6, 6.07) is 2.58. The Kier molecular flexibility index (Phi) is 3.94. The Labute approximate surface area is 100.0 Å². The molecule has 0 bridgehead atoms. The smallest absolute Gasteiger partial charge is 0.168 e. The molecule has 2 nitrogen and oxygen atoms in total. The van der Waals surface area contributed by atoms with E-state index in [1.54, 1.807) is 0 Å². The summed E-state index contributed by atoms with van der Waals surface area (Å²) in [6.07, 6.45) is 3.83. The summed E-state index contributed by atoms with van der Waals surface area (Å²) in [5, 5.41) is 3.32. The van der Waals surface area contributed by atoms with Gasteiger partial charge >= 0.3 is 0 Å². The molecular formula is C13H17F2NO. The maximum atomic E-state index is 13.9. The number of hydrogen-bond acceptors (Lipinski definition) is 2. The number of methoxy groups -OCH3 is 1. The Hall–Kier alpha value is -1.16. The topological polar surface area (TPSA) is 21.3 Å². The second-order valence-electron chi connectivity index (χ2n) is 4.43. The lowest BCUT2D eigenvalue weighted by Crippen LogP contribution is -2.35. The van der Waals surface area contributed by atoms with Crippen molar-refractivity contribution in [2.45, 2.75) is 31.7 Å². The van der Waals surface area contributed by atoms with Crippen molar-refractivity contribution >= 4 is 0 Å². The molecule has 1 atom stereocenters. The molecule has 1 aromatic rings. The second kappa shape index (κ2) is 5.45. The lowest BCUT2D eigenvalue weighted by atomic mass is 9.97. The van der Waals surface area contributed by atoms with Crippen molar-refractivity contribution in [3.05, 3.63) is 29.3 Å². The van der Waals surface area contributed by atoms with Crippen molar-refractivity contribution in [1.82, 2.24) is 5.32 Å². The molecule has 1 unspecified atom stereocenters. The molecule has 17 heavy (non-hydrogen) atoms. The van der Waals surface area contributed by atoms with Crippen molar-refractivity contribution in [1.29, 1.82) is 0 Å². The van der Waals surface area contributed by atoms with Gasteiger partial charge in [-0.1, -0.05) is 6.42 Å². The fraction of sp³-hybridized carbons (Fsp3) is 0.538. The van der Waals surface area contributed by atoms with Gasteiger partial charge in [-0.05, 0) is 37.4 Å². The lowest BCUT2D eigenvalue weighted by molar-refractivity contribution is 0.370. The molecule has 0 aliphatic carbocycles. The summed E-state index contributed by atoms with van der Waals surface area (Å²) in [5.41, 5.74) is 0.390. The molecule has 0 saturated carbocycles. The van der Waals surface area contributed by atoms with Crippen molar-refractivity contribution in [2.75, 3.05) is 13.7 Å². The third kappa shape index (κ3) is 2.94. The molecule has 0 spiro atoms. The molecule has 1 N–H and O–H groups in total. The monoisotopic (exact) mass is 241 g/mol. The maximum absolute atomic E-state index is 13.9. The van der Waals surface area contributed by atoms with Crippen LogP contribution in [0.2, 0.25) is 0 Å². The quantitative estimate of drug-likeness (QED) is 0.878. The first-order valence-electron chi connectivity index (χ1n) is 5.96. The standard InChI is InChI=1S/C13H17F2NO/c1-17-12-8-10(14)6-9(13(12)15)7-11-4-2-3-5-16-11/h6,8,11,16H,2-5,7H2,1H3. The van der Waals surface area contributed by atoms with Crippen molar-refractivity contribution in [2.24, 2.45) is 0 Å². The molecular weight excluding hydrogens is 224 g/mol. The van der Waals surface area contributed by atoms with E-state index in [0.29, 0.717) is 12.0 Å². The first kappa shape index (κ1) is 12.3. The SMILES string of the molecule is COc1cc(F)cc(CC2CCCCN2)c1F. The molecule has 0 radical (unpaired) electrons. The van der Waals surface area contributed by atoms with Gasteiger partial charge in [0.05, 0.1) is 7.11 Å². The van der Waals surface area contributed by atoms with E-state index in [-0.39, 0.29) is 11.8 Å². The summed E-state index contributed by atoms with van der Waals surface area (Å²) in [6.45, 7) is 0.957. The predicted octanol–water partition coefficient (Wildman–Crippen LogP) is 2.66. The maximum Gasteiger partial charge on any atom is 0.168 e. The number of rotatable bonds is 3. The van der Waals surface area contributed by atoms with Gasteiger partial charge in [0.15, 0.2) is 11.6 Å².